The van der Waals surface area contributed by atoms with Crippen molar-refractivity contribution in [1.29, 1.82) is 0 Å². The van der Waals surface area contributed by atoms with E-state index in [1.54, 1.807) is 24.3 Å². The van der Waals surface area contributed by atoms with E-state index in [1.165, 1.54) is 35.9 Å². The highest BCUT2D eigenvalue weighted by molar-refractivity contribution is 6.07. The zero-order chi connectivity index (χ0) is 25.1. The number of hydrogen-bond acceptors (Lipinski definition) is 5. The Bertz CT molecular complexity index is 1520. The highest BCUT2D eigenvalue weighted by Crippen LogP contribution is 2.31. The van der Waals surface area contributed by atoms with E-state index in [1.807, 2.05) is 31.2 Å². The van der Waals surface area contributed by atoms with E-state index in [0.717, 1.165) is 11.1 Å². The Balaban J connectivity index is 1.66. The van der Waals surface area contributed by atoms with Crippen LogP contribution in [0.4, 0.5) is 5.69 Å². The third kappa shape index (κ3) is 4.81. The Morgan fingerprint density at radius 3 is 2.31 bits per heavy atom. The summed E-state index contributed by atoms with van der Waals surface area (Å²) in [5.41, 5.74) is 2.22. The van der Waals surface area contributed by atoms with Gasteiger partial charge in [-0.25, -0.2) is 9.59 Å². The lowest BCUT2D eigenvalue weighted by molar-refractivity contribution is -0.119. The summed E-state index contributed by atoms with van der Waals surface area (Å²) in [5, 5.41) is 12.7. The van der Waals surface area contributed by atoms with E-state index in [4.69, 9.17) is 9.84 Å². The van der Waals surface area contributed by atoms with Crippen LogP contribution < -0.4 is 10.9 Å². The van der Waals surface area contributed by atoms with Gasteiger partial charge in [0.2, 0.25) is 0 Å². The molecule has 0 aliphatic rings. The number of rotatable bonds is 6. The van der Waals surface area contributed by atoms with Gasteiger partial charge in [0.05, 0.1) is 5.56 Å². The summed E-state index contributed by atoms with van der Waals surface area (Å²) in [6, 6.07) is 20.2. The number of amides is 1. The van der Waals surface area contributed by atoms with Crippen LogP contribution in [0.1, 0.15) is 26.4 Å². The zero-order valence-electron chi connectivity index (χ0n) is 19.1. The Morgan fingerprint density at radius 2 is 1.63 bits per heavy atom. The lowest BCUT2D eigenvalue weighted by Crippen LogP contribution is -2.28. The molecule has 1 heterocycles. The first kappa shape index (κ1) is 23.4. The minimum absolute atomic E-state index is 0.00805. The van der Waals surface area contributed by atoms with Gasteiger partial charge in [-0.3, -0.25) is 9.59 Å². The van der Waals surface area contributed by atoms with E-state index >= 15 is 0 Å². The van der Waals surface area contributed by atoms with E-state index in [-0.39, 0.29) is 22.5 Å². The number of aryl methyl sites for hydroxylation is 1. The first-order valence-corrected chi connectivity index (χ1v) is 10.8. The molecule has 0 fully saturated rings. The molecular formula is C27H22N2O6. The topological polar surface area (TPSA) is 115 Å². The Kier molecular flexibility index (Phi) is 6.46. The lowest BCUT2D eigenvalue weighted by atomic mass is 9.96. The summed E-state index contributed by atoms with van der Waals surface area (Å²) in [6.45, 7) is 1.33. The summed E-state index contributed by atoms with van der Waals surface area (Å²) in [6.07, 6.45) is 0. The largest absolute Gasteiger partial charge is 0.478 e. The minimum Gasteiger partial charge on any atom is -0.478 e. The average molecular weight is 470 g/mol. The number of ether oxygens (including phenoxy) is 1. The second kappa shape index (κ2) is 9.64. The summed E-state index contributed by atoms with van der Waals surface area (Å²) >= 11 is 0. The van der Waals surface area contributed by atoms with Crippen molar-refractivity contribution in [2.24, 2.45) is 7.05 Å². The second-order valence-electron chi connectivity index (χ2n) is 8.01. The van der Waals surface area contributed by atoms with E-state index in [2.05, 4.69) is 5.32 Å². The molecule has 0 aliphatic heterocycles. The number of aromatic carboxylic acids is 1. The van der Waals surface area contributed by atoms with Crippen molar-refractivity contribution in [3.05, 3.63) is 100.0 Å². The molecule has 1 amide bonds. The van der Waals surface area contributed by atoms with Crippen LogP contribution in [0.2, 0.25) is 0 Å². The van der Waals surface area contributed by atoms with Crippen molar-refractivity contribution in [2.75, 3.05) is 11.9 Å². The smallest absolute Gasteiger partial charge is 0.356 e. The molecule has 4 rings (SSSR count). The molecule has 0 saturated carbocycles. The molecule has 8 heteroatoms. The number of anilines is 1. The number of pyridine rings is 1. The normalized spacial score (nSPS) is 10.7. The minimum atomic E-state index is -1.13. The van der Waals surface area contributed by atoms with Gasteiger partial charge in [-0.15, -0.1) is 0 Å². The van der Waals surface area contributed by atoms with Crippen molar-refractivity contribution in [1.82, 2.24) is 4.57 Å². The number of carboxylic acids is 1. The molecule has 4 aromatic rings. The van der Waals surface area contributed by atoms with E-state index < -0.39 is 24.5 Å². The Morgan fingerprint density at radius 1 is 0.943 bits per heavy atom. The second-order valence-corrected chi connectivity index (χ2v) is 8.01. The fraction of sp³-hybridized carbons (Fsp3) is 0.111. The van der Waals surface area contributed by atoms with Crippen molar-refractivity contribution in [2.45, 2.75) is 6.92 Å². The van der Waals surface area contributed by atoms with E-state index in [9.17, 15) is 19.2 Å². The number of carbonyl (C=O) groups excluding carboxylic acids is 2. The third-order valence-electron chi connectivity index (χ3n) is 5.56. The van der Waals surface area contributed by atoms with Crippen LogP contribution in [-0.2, 0) is 16.6 Å². The summed E-state index contributed by atoms with van der Waals surface area (Å²) in [5.74, 6) is -2.61. The fourth-order valence-corrected chi connectivity index (χ4v) is 3.84. The number of fused-ring (bicyclic) bond motifs is 1. The van der Waals surface area contributed by atoms with Gasteiger partial charge in [-0.2, -0.15) is 0 Å². The highest BCUT2D eigenvalue weighted by atomic mass is 16.5. The number of carboxylic acid groups (broad SMARTS) is 1. The number of nitrogens with zero attached hydrogens (tertiary/aromatic N) is 1. The number of hydrogen-bond donors (Lipinski definition) is 2. The molecular weight excluding hydrogens is 448 g/mol. The molecule has 0 saturated heterocycles. The average Bonchev–Trinajstić information content (AvgIpc) is 2.85. The van der Waals surface area contributed by atoms with Crippen LogP contribution in [0.25, 0.3) is 21.9 Å². The zero-order valence-corrected chi connectivity index (χ0v) is 19.1. The molecule has 176 valence electrons. The molecule has 8 nitrogen and oxygen atoms in total. The monoisotopic (exact) mass is 470 g/mol. The standard InChI is InChI=1S/C27H22N2O6/c1-16-10-12-17(13-11-16)23-20-8-3-4-9-21(20)25(31)29(2)24(23)27(34)35-15-22(30)28-19-7-5-6-18(14-19)26(32)33/h3-14H,15H2,1-2H3,(H,28,30)(H,32,33). The van der Waals surface area contributed by atoms with Crippen LogP contribution in [0.15, 0.2) is 77.6 Å². The van der Waals surface area contributed by atoms with Crippen LogP contribution in [0.5, 0.6) is 0 Å². The van der Waals surface area contributed by atoms with Crippen molar-refractivity contribution in [3.8, 4) is 11.1 Å². The summed E-state index contributed by atoms with van der Waals surface area (Å²) in [4.78, 5) is 49.7. The molecule has 0 unspecified atom stereocenters. The van der Waals surface area contributed by atoms with Gasteiger partial charge < -0.3 is 19.7 Å². The molecule has 1 aromatic heterocycles. The first-order chi connectivity index (χ1) is 16.8. The van der Waals surface area contributed by atoms with Crippen molar-refractivity contribution in [3.63, 3.8) is 0 Å². The van der Waals surface area contributed by atoms with Crippen LogP contribution in [0, 0.1) is 6.92 Å². The van der Waals surface area contributed by atoms with Crippen molar-refractivity contribution >= 4 is 34.3 Å². The molecule has 0 bridgehead atoms. The first-order valence-electron chi connectivity index (χ1n) is 10.8. The summed E-state index contributed by atoms with van der Waals surface area (Å²) < 4.78 is 6.51. The van der Waals surface area contributed by atoms with Gasteiger partial charge in [0.1, 0.15) is 5.69 Å². The predicted octanol–water partition coefficient (Wildman–Crippen LogP) is 4.01. The molecule has 2 N–H and O–H groups in total. The quantitative estimate of drug-likeness (QED) is 0.412. The molecule has 35 heavy (non-hydrogen) atoms. The molecule has 0 atom stereocenters. The van der Waals surface area contributed by atoms with Gasteiger partial charge in [0, 0.05) is 23.7 Å². The SMILES string of the molecule is Cc1ccc(-c2c(C(=O)OCC(=O)Nc3cccc(C(=O)O)c3)n(C)c(=O)c3ccccc23)cc1. The molecule has 0 spiro atoms. The molecule has 0 radical (unpaired) electrons. The number of benzene rings is 3. The van der Waals surface area contributed by atoms with Crippen LogP contribution in [0.3, 0.4) is 0 Å². The number of nitrogens with one attached hydrogen (secondary N) is 1. The van der Waals surface area contributed by atoms with Gasteiger partial charge in [0.15, 0.2) is 6.61 Å². The lowest BCUT2D eigenvalue weighted by Gasteiger charge is -2.17. The number of esters is 1. The summed E-state index contributed by atoms with van der Waals surface area (Å²) in [7, 11) is 1.49. The van der Waals surface area contributed by atoms with Gasteiger partial charge in [0.25, 0.3) is 11.5 Å². The van der Waals surface area contributed by atoms with Crippen LogP contribution in [-0.4, -0.2) is 34.1 Å². The van der Waals surface area contributed by atoms with Gasteiger partial charge in [-0.1, -0.05) is 54.1 Å². The van der Waals surface area contributed by atoms with Crippen LogP contribution >= 0.6 is 0 Å². The highest BCUT2D eigenvalue weighted by Gasteiger charge is 2.23. The predicted molar refractivity (Wildman–Crippen MR) is 132 cm³/mol. The molecule has 0 aliphatic carbocycles. The Labute approximate surface area is 200 Å². The number of carbonyl (C=O) groups is 3. The van der Waals surface area contributed by atoms with Gasteiger partial charge in [-0.05, 0) is 42.1 Å². The molecule has 3 aromatic carbocycles. The Hall–Kier alpha value is -4.72. The maximum absolute atomic E-state index is 13.2. The maximum Gasteiger partial charge on any atom is 0.356 e. The number of aromatic nitrogens is 1. The van der Waals surface area contributed by atoms with E-state index in [0.29, 0.717) is 16.3 Å². The van der Waals surface area contributed by atoms with Crippen molar-refractivity contribution < 1.29 is 24.2 Å². The third-order valence-corrected chi connectivity index (χ3v) is 5.56. The van der Waals surface area contributed by atoms with Gasteiger partial charge >= 0.3 is 11.9 Å². The maximum atomic E-state index is 13.2. The fourth-order valence-electron chi connectivity index (χ4n) is 3.84.